The molecule has 0 spiro atoms. The third-order valence-electron chi connectivity index (χ3n) is 7.48. The molecule has 1 N–H and O–H groups in total. The van der Waals surface area contributed by atoms with Gasteiger partial charge in [0.1, 0.15) is 16.4 Å². The number of aromatic amines is 1. The van der Waals surface area contributed by atoms with Crippen LogP contribution in [0.3, 0.4) is 0 Å². The second kappa shape index (κ2) is 11.6. The fraction of sp³-hybridized carbons (Fsp3) is 0.419. The average molecular weight is 533 g/mol. The van der Waals surface area contributed by atoms with E-state index in [1.165, 1.54) is 16.0 Å². The standard InChI is InChI=1S/C31H36N2O4S/c1-5-20(3)21-8-11-23(12-9-21)36-15-6-16-37-25-14-10-22(18-26(25)35-4)29-32-30(34)28-24-13-7-19(2)17-27(24)38-31(28)33-29/h8-12,14,18-20H,5-7,13,15-17H2,1-4H3,(H,32,33,34)/t19-,20-/m1/s1. The van der Waals surface area contributed by atoms with Crippen LogP contribution in [0.5, 0.6) is 17.2 Å². The number of hydrogen-bond acceptors (Lipinski definition) is 6. The normalized spacial score (nSPS) is 15.7. The van der Waals surface area contributed by atoms with E-state index in [1.54, 1.807) is 18.4 Å². The van der Waals surface area contributed by atoms with E-state index in [9.17, 15) is 4.79 Å². The molecule has 0 aliphatic heterocycles. The van der Waals surface area contributed by atoms with Crippen LogP contribution in [0, 0.1) is 5.92 Å². The number of aryl methyl sites for hydroxylation is 1. The van der Waals surface area contributed by atoms with Crippen molar-refractivity contribution < 1.29 is 14.2 Å². The molecular formula is C31H36N2O4S. The molecule has 0 amide bonds. The Labute approximate surface area is 228 Å². The van der Waals surface area contributed by atoms with Gasteiger partial charge >= 0.3 is 0 Å². The van der Waals surface area contributed by atoms with Gasteiger partial charge in [-0.05, 0) is 79.0 Å². The van der Waals surface area contributed by atoms with Crippen molar-refractivity contribution in [2.75, 3.05) is 20.3 Å². The average Bonchev–Trinajstić information content (AvgIpc) is 3.30. The summed E-state index contributed by atoms with van der Waals surface area (Å²) in [5.74, 6) is 3.88. The molecule has 1 aliphatic rings. The first-order valence-electron chi connectivity index (χ1n) is 13.5. The van der Waals surface area contributed by atoms with Crippen molar-refractivity contribution in [2.24, 2.45) is 5.92 Å². The quantitative estimate of drug-likeness (QED) is 0.220. The summed E-state index contributed by atoms with van der Waals surface area (Å²) in [6, 6.07) is 14.0. The zero-order valence-corrected chi connectivity index (χ0v) is 23.5. The van der Waals surface area contributed by atoms with Crippen LogP contribution in [0.2, 0.25) is 0 Å². The maximum Gasteiger partial charge on any atom is 0.260 e. The van der Waals surface area contributed by atoms with E-state index in [2.05, 4.69) is 37.9 Å². The molecule has 0 unspecified atom stereocenters. The number of nitrogens with one attached hydrogen (secondary N) is 1. The number of aromatic nitrogens is 2. The van der Waals surface area contributed by atoms with Crippen molar-refractivity contribution in [1.29, 1.82) is 0 Å². The van der Waals surface area contributed by atoms with E-state index in [4.69, 9.17) is 19.2 Å². The topological polar surface area (TPSA) is 73.4 Å². The second-order valence-electron chi connectivity index (χ2n) is 10.2. The number of hydrogen-bond donors (Lipinski definition) is 1. The van der Waals surface area contributed by atoms with Gasteiger partial charge < -0.3 is 19.2 Å². The van der Waals surface area contributed by atoms with Crippen molar-refractivity contribution in [1.82, 2.24) is 9.97 Å². The lowest BCUT2D eigenvalue weighted by atomic mass is 9.89. The van der Waals surface area contributed by atoms with Crippen LogP contribution in [-0.4, -0.2) is 30.3 Å². The summed E-state index contributed by atoms with van der Waals surface area (Å²) in [6.07, 6.45) is 4.97. The van der Waals surface area contributed by atoms with E-state index < -0.39 is 0 Å². The summed E-state index contributed by atoms with van der Waals surface area (Å²) in [5, 5.41) is 0.765. The summed E-state index contributed by atoms with van der Waals surface area (Å²) in [4.78, 5) is 23.0. The number of nitrogens with zero attached hydrogens (tertiary/aromatic N) is 1. The lowest BCUT2D eigenvalue weighted by molar-refractivity contribution is 0.240. The third kappa shape index (κ3) is 5.58. The van der Waals surface area contributed by atoms with Crippen molar-refractivity contribution in [3.63, 3.8) is 0 Å². The number of benzene rings is 2. The summed E-state index contributed by atoms with van der Waals surface area (Å²) in [6.45, 7) is 7.77. The minimum absolute atomic E-state index is 0.0640. The summed E-state index contributed by atoms with van der Waals surface area (Å²) in [5.41, 5.74) is 3.25. The summed E-state index contributed by atoms with van der Waals surface area (Å²) in [7, 11) is 1.62. The Kier molecular flexibility index (Phi) is 8.03. The predicted octanol–water partition coefficient (Wildman–Crippen LogP) is 7.15. The molecular weight excluding hydrogens is 496 g/mol. The van der Waals surface area contributed by atoms with Crippen LogP contribution in [0.1, 0.15) is 62.0 Å². The number of ether oxygens (including phenoxy) is 3. The van der Waals surface area contributed by atoms with Gasteiger partial charge in [-0.3, -0.25) is 4.79 Å². The van der Waals surface area contributed by atoms with Gasteiger partial charge in [0.15, 0.2) is 11.5 Å². The minimum Gasteiger partial charge on any atom is -0.493 e. The number of fused-ring (bicyclic) bond motifs is 3. The van der Waals surface area contributed by atoms with Crippen LogP contribution in [0.15, 0.2) is 47.3 Å². The van der Waals surface area contributed by atoms with Gasteiger partial charge in [-0.2, -0.15) is 0 Å². The molecule has 2 aromatic carbocycles. The molecule has 4 aromatic rings. The second-order valence-corrected chi connectivity index (χ2v) is 11.3. The fourth-order valence-corrected chi connectivity index (χ4v) is 6.36. The van der Waals surface area contributed by atoms with E-state index in [0.717, 1.165) is 53.6 Å². The number of H-pyrrole nitrogens is 1. The highest BCUT2D eigenvalue weighted by atomic mass is 32.1. The first-order chi connectivity index (χ1) is 18.5. The van der Waals surface area contributed by atoms with E-state index in [-0.39, 0.29) is 5.56 Å². The van der Waals surface area contributed by atoms with E-state index >= 15 is 0 Å². The molecule has 0 saturated heterocycles. The Morgan fingerprint density at radius 1 is 1.11 bits per heavy atom. The van der Waals surface area contributed by atoms with Crippen LogP contribution < -0.4 is 19.8 Å². The largest absolute Gasteiger partial charge is 0.493 e. The molecule has 2 heterocycles. The third-order valence-corrected chi connectivity index (χ3v) is 8.63. The molecule has 2 atom stereocenters. The highest BCUT2D eigenvalue weighted by molar-refractivity contribution is 7.18. The first-order valence-corrected chi connectivity index (χ1v) is 14.4. The smallest absolute Gasteiger partial charge is 0.260 e. The highest BCUT2D eigenvalue weighted by Gasteiger charge is 2.23. The molecule has 200 valence electrons. The van der Waals surface area contributed by atoms with Crippen LogP contribution >= 0.6 is 11.3 Å². The van der Waals surface area contributed by atoms with Gasteiger partial charge in [-0.15, -0.1) is 11.3 Å². The van der Waals surface area contributed by atoms with E-state index in [0.29, 0.717) is 42.4 Å². The Bertz CT molecular complexity index is 1460. The van der Waals surface area contributed by atoms with E-state index in [1.807, 2.05) is 30.3 Å². The van der Waals surface area contributed by atoms with Gasteiger partial charge in [-0.25, -0.2) is 4.98 Å². The molecule has 7 heteroatoms. The van der Waals surface area contributed by atoms with Crippen LogP contribution in [-0.2, 0) is 12.8 Å². The first kappa shape index (κ1) is 26.3. The fourth-order valence-electron chi connectivity index (χ4n) is 4.98. The van der Waals surface area contributed by atoms with Crippen molar-refractivity contribution in [3.8, 4) is 28.6 Å². The molecule has 0 saturated carbocycles. The predicted molar refractivity (Wildman–Crippen MR) is 154 cm³/mol. The maximum absolute atomic E-state index is 13.0. The molecule has 6 nitrogen and oxygen atoms in total. The molecule has 1 aliphatic carbocycles. The van der Waals surface area contributed by atoms with Gasteiger partial charge in [-0.1, -0.05) is 32.9 Å². The van der Waals surface area contributed by atoms with Gasteiger partial charge in [0.25, 0.3) is 5.56 Å². The zero-order chi connectivity index (χ0) is 26.6. The van der Waals surface area contributed by atoms with Crippen LogP contribution in [0.4, 0.5) is 0 Å². The number of thiophene rings is 1. The van der Waals surface area contributed by atoms with Crippen molar-refractivity contribution in [3.05, 3.63) is 68.8 Å². The summed E-state index contributed by atoms with van der Waals surface area (Å²) < 4.78 is 17.5. The molecule has 2 aromatic heterocycles. The highest BCUT2D eigenvalue weighted by Crippen LogP contribution is 2.37. The van der Waals surface area contributed by atoms with Crippen molar-refractivity contribution in [2.45, 2.75) is 58.8 Å². The molecule has 0 fully saturated rings. The van der Waals surface area contributed by atoms with Gasteiger partial charge in [0, 0.05) is 16.9 Å². The van der Waals surface area contributed by atoms with Gasteiger partial charge in [0.2, 0.25) is 0 Å². The Morgan fingerprint density at radius 3 is 2.66 bits per heavy atom. The molecule has 0 bridgehead atoms. The number of methoxy groups -OCH3 is 1. The monoisotopic (exact) mass is 532 g/mol. The van der Waals surface area contributed by atoms with Gasteiger partial charge in [0.05, 0.1) is 25.7 Å². The molecule has 38 heavy (non-hydrogen) atoms. The Hall–Kier alpha value is -3.32. The lowest BCUT2D eigenvalue weighted by Crippen LogP contribution is -2.13. The maximum atomic E-state index is 13.0. The lowest BCUT2D eigenvalue weighted by Gasteiger charge is -2.17. The van der Waals surface area contributed by atoms with Crippen molar-refractivity contribution >= 4 is 21.6 Å². The summed E-state index contributed by atoms with van der Waals surface area (Å²) >= 11 is 1.66. The molecule has 5 rings (SSSR count). The zero-order valence-electron chi connectivity index (χ0n) is 22.6. The Balaban J connectivity index is 1.22. The minimum atomic E-state index is -0.0640. The van der Waals surface area contributed by atoms with Crippen LogP contribution in [0.25, 0.3) is 21.6 Å². The molecule has 0 radical (unpaired) electrons. The SMILES string of the molecule is CC[C@@H](C)c1ccc(OCCCOc2ccc(-c3nc4sc5c(c4c(=O)[nH]3)CC[C@@H](C)C5)cc2OC)cc1. The Morgan fingerprint density at radius 2 is 1.89 bits per heavy atom. The number of rotatable bonds is 10.